The van der Waals surface area contributed by atoms with Gasteiger partial charge in [-0.05, 0) is 63.4 Å². The van der Waals surface area contributed by atoms with Gasteiger partial charge in [-0.1, -0.05) is 12.1 Å². The first-order valence-corrected chi connectivity index (χ1v) is 10.3. The number of aryl methyl sites for hydroxylation is 1. The number of nitrogens with one attached hydrogen (secondary N) is 1. The van der Waals surface area contributed by atoms with Crippen LogP contribution in [0.2, 0.25) is 0 Å². The minimum Gasteiger partial charge on any atom is -0.295 e. The van der Waals surface area contributed by atoms with E-state index in [0.29, 0.717) is 24.7 Å². The number of anilines is 1. The number of imide groups is 1. The van der Waals surface area contributed by atoms with Crippen molar-refractivity contribution in [2.24, 2.45) is 7.05 Å². The highest BCUT2D eigenvalue weighted by atomic mass is 16.2. The van der Waals surface area contributed by atoms with Crippen molar-refractivity contribution >= 4 is 28.7 Å². The Kier molecular flexibility index (Phi) is 4.94. The van der Waals surface area contributed by atoms with Crippen LogP contribution in [0.15, 0.2) is 30.9 Å². The van der Waals surface area contributed by atoms with Crippen molar-refractivity contribution in [1.29, 1.82) is 0 Å². The second-order valence-electron chi connectivity index (χ2n) is 8.60. The highest BCUT2D eigenvalue weighted by Crippen LogP contribution is 2.35. The van der Waals surface area contributed by atoms with Gasteiger partial charge in [0, 0.05) is 30.9 Å². The van der Waals surface area contributed by atoms with Gasteiger partial charge in [-0.15, -0.1) is 6.58 Å². The third kappa shape index (κ3) is 3.55. The number of carbonyl (C=O) groups is 2. The first-order chi connectivity index (χ1) is 13.8. The fourth-order valence-corrected chi connectivity index (χ4v) is 4.39. The lowest BCUT2D eigenvalue weighted by molar-refractivity contribution is -0.120. The molecule has 3 heterocycles. The lowest BCUT2D eigenvalue weighted by atomic mass is 9.87. The van der Waals surface area contributed by atoms with E-state index in [2.05, 4.69) is 53.9 Å². The summed E-state index contributed by atoms with van der Waals surface area (Å²) in [5, 5.41) is 7.89. The van der Waals surface area contributed by atoms with Crippen molar-refractivity contribution in [2.45, 2.75) is 44.6 Å². The second kappa shape index (κ2) is 7.30. The summed E-state index contributed by atoms with van der Waals surface area (Å²) in [6, 6.07) is 6.04. The van der Waals surface area contributed by atoms with Crippen LogP contribution >= 0.6 is 0 Å². The molecule has 29 heavy (non-hydrogen) atoms. The zero-order valence-electron chi connectivity index (χ0n) is 17.4. The van der Waals surface area contributed by atoms with Gasteiger partial charge >= 0.3 is 6.03 Å². The zero-order valence-corrected chi connectivity index (χ0v) is 17.4. The molecule has 0 saturated carbocycles. The largest absolute Gasteiger partial charge is 0.329 e. The van der Waals surface area contributed by atoms with Crippen LogP contribution in [-0.2, 0) is 11.8 Å². The van der Waals surface area contributed by atoms with Crippen LogP contribution in [0.25, 0.3) is 10.9 Å². The number of urea groups is 1. The Labute approximate surface area is 171 Å². The van der Waals surface area contributed by atoms with Gasteiger partial charge in [-0.3, -0.25) is 24.6 Å². The number of benzene rings is 1. The molecule has 0 spiro atoms. The highest BCUT2D eigenvalue weighted by molar-refractivity contribution is 6.08. The van der Waals surface area contributed by atoms with Crippen molar-refractivity contribution in [2.75, 3.05) is 24.5 Å². The molecule has 2 aliphatic rings. The summed E-state index contributed by atoms with van der Waals surface area (Å²) in [4.78, 5) is 27.7. The van der Waals surface area contributed by atoms with E-state index < -0.39 is 6.03 Å². The Bertz CT molecular complexity index is 969. The Morgan fingerprint density at radius 3 is 2.59 bits per heavy atom. The van der Waals surface area contributed by atoms with E-state index in [4.69, 9.17) is 0 Å². The maximum atomic E-state index is 12.2. The van der Waals surface area contributed by atoms with E-state index in [-0.39, 0.29) is 11.4 Å². The van der Waals surface area contributed by atoms with Crippen LogP contribution in [0.1, 0.15) is 44.6 Å². The zero-order chi connectivity index (χ0) is 20.8. The van der Waals surface area contributed by atoms with E-state index in [1.165, 1.54) is 5.56 Å². The Balaban J connectivity index is 1.57. The van der Waals surface area contributed by atoms with Crippen LogP contribution < -0.4 is 10.2 Å². The summed E-state index contributed by atoms with van der Waals surface area (Å²) >= 11 is 0. The van der Waals surface area contributed by atoms with E-state index >= 15 is 0 Å². The molecule has 4 rings (SSSR count). The van der Waals surface area contributed by atoms with Gasteiger partial charge in [0.05, 0.1) is 5.52 Å². The molecule has 1 N–H and O–H groups in total. The quantitative estimate of drug-likeness (QED) is 0.808. The molecule has 0 bridgehead atoms. The molecule has 7 nitrogen and oxygen atoms in total. The number of rotatable bonds is 4. The van der Waals surface area contributed by atoms with Crippen LogP contribution in [0.4, 0.5) is 10.6 Å². The van der Waals surface area contributed by atoms with Crippen molar-refractivity contribution < 1.29 is 9.59 Å². The number of hydrogen-bond donors (Lipinski definition) is 1. The average molecular weight is 396 g/mol. The molecule has 0 radical (unpaired) electrons. The molecule has 0 atom stereocenters. The third-order valence-electron chi connectivity index (χ3n) is 6.45. The monoisotopic (exact) mass is 395 g/mol. The molecule has 3 amide bonds. The molecule has 1 aromatic carbocycles. The molecular weight excluding hydrogens is 366 g/mol. The summed E-state index contributed by atoms with van der Waals surface area (Å²) in [5.74, 6) is 0.895. The molecule has 1 aromatic heterocycles. The lowest BCUT2D eigenvalue weighted by Gasteiger charge is -2.41. The van der Waals surface area contributed by atoms with Gasteiger partial charge in [0.25, 0.3) is 0 Å². The van der Waals surface area contributed by atoms with Gasteiger partial charge in [-0.2, -0.15) is 5.10 Å². The van der Waals surface area contributed by atoms with Crippen LogP contribution in [0.3, 0.4) is 0 Å². The number of fused-ring (bicyclic) bond motifs is 1. The van der Waals surface area contributed by atoms with Gasteiger partial charge in [0.1, 0.15) is 0 Å². The highest BCUT2D eigenvalue weighted by Gasteiger charge is 2.30. The summed E-state index contributed by atoms with van der Waals surface area (Å²) in [5.41, 5.74) is 2.36. The first-order valence-electron chi connectivity index (χ1n) is 10.3. The number of aromatic nitrogens is 2. The normalized spacial score (nSPS) is 19.6. The molecule has 2 saturated heterocycles. The second-order valence-corrected chi connectivity index (χ2v) is 8.60. The molecule has 2 fully saturated rings. The fraction of sp³-hybridized carbons (Fsp3) is 0.500. The third-order valence-corrected chi connectivity index (χ3v) is 6.45. The SMILES string of the molecule is C=CC(C)(C)N1CCC(c2ccc3c(N4CCC(=O)NC4=O)nn(C)c3c2)CC1. The fourth-order valence-electron chi connectivity index (χ4n) is 4.39. The number of hydrogen-bond acceptors (Lipinski definition) is 4. The van der Waals surface area contributed by atoms with Gasteiger partial charge in [0.2, 0.25) is 5.91 Å². The minimum absolute atomic E-state index is 0.0300. The van der Waals surface area contributed by atoms with E-state index in [9.17, 15) is 9.59 Å². The van der Waals surface area contributed by atoms with Crippen LogP contribution in [0, 0.1) is 0 Å². The number of nitrogens with zero attached hydrogens (tertiary/aromatic N) is 4. The van der Waals surface area contributed by atoms with Crippen LogP contribution in [0.5, 0.6) is 0 Å². The lowest BCUT2D eigenvalue weighted by Crippen LogP contribution is -2.49. The predicted molar refractivity (Wildman–Crippen MR) is 114 cm³/mol. The maximum absolute atomic E-state index is 12.2. The van der Waals surface area contributed by atoms with Crippen molar-refractivity contribution in [3.8, 4) is 0 Å². The number of piperidine rings is 1. The van der Waals surface area contributed by atoms with E-state index in [0.717, 1.165) is 36.8 Å². The van der Waals surface area contributed by atoms with Crippen molar-refractivity contribution in [3.63, 3.8) is 0 Å². The van der Waals surface area contributed by atoms with Crippen molar-refractivity contribution in [1.82, 2.24) is 20.0 Å². The summed E-state index contributed by atoms with van der Waals surface area (Å²) in [7, 11) is 1.90. The standard InChI is InChI=1S/C22H29N5O2/c1-5-22(2,3)26-11-8-15(9-12-26)16-6-7-17-18(14-16)25(4)24-20(17)27-13-10-19(28)23-21(27)29/h5-7,14-15H,1,8-13H2,2-4H3,(H,23,28,29). The summed E-state index contributed by atoms with van der Waals surface area (Å²) in [6.45, 7) is 10.9. The molecule has 0 unspecified atom stereocenters. The Morgan fingerprint density at radius 2 is 1.93 bits per heavy atom. The van der Waals surface area contributed by atoms with Crippen molar-refractivity contribution in [3.05, 3.63) is 36.4 Å². The predicted octanol–water partition coefficient (Wildman–Crippen LogP) is 3.16. The molecule has 2 aliphatic heterocycles. The number of amides is 3. The number of likely N-dealkylation sites (tertiary alicyclic amines) is 1. The molecular formula is C22H29N5O2. The van der Waals surface area contributed by atoms with Gasteiger partial charge in [-0.25, -0.2) is 4.79 Å². The van der Waals surface area contributed by atoms with Crippen LogP contribution in [-0.4, -0.2) is 51.8 Å². The Hall–Kier alpha value is -2.67. The van der Waals surface area contributed by atoms with E-state index in [1.807, 2.05) is 17.8 Å². The topological polar surface area (TPSA) is 70.5 Å². The minimum atomic E-state index is -0.400. The van der Waals surface area contributed by atoms with E-state index in [1.54, 1.807) is 4.90 Å². The molecule has 2 aromatic rings. The Morgan fingerprint density at radius 1 is 1.21 bits per heavy atom. The van der Waals surface area contributed by atoms with Gasteiger partial charge < -0.3 is 0 Å². The maximum Gasteiger partial charge on any atom is 0.329 e. The molecule has 7 heteroatoms. The summed E-state index contributed by atoms with van der Waals surface area (Å²) < 4.78 is 1.83. The molecule has 0 aliphatic carbocycles. The smallest absolute Gasteiger partial charge is 0.295 e. The molecule has 154 valence electrons. The average Bonchev–Trinajstić information content (AvgIpc) is 3.04. The van der Waals surface area contributed by atoms with Gasteiger partial charge in [0.15, 0.2) is 5.82 Å². The summed E-state index contributed by atoms with van der Waals surface area (Å²) in [6.07, 6.45) is 4.55. The number of carbonyl (C=O) groups excluding carboxylic acids is 2. The first kappa shape index (κ1) is 19.6.